The van der Waals surface area contributed by atoms with Crippen LogP contribution < -0.4 is 16.0 Å². The topological polar surface area (TPSA) is 73.5 Å². The Balaban J connectivity index is 1.42. The maximum absolute atomic E-state index is 12.3. The Kier molecular flexibility index (Phi) is 6.88. The van der Waals surface area contributed by atoms with E-state index in [0.29, 0.717) is 29.7 Å². The second-order valence-corrected chi connectivity index (χ2v) is 7.57. The molecule has 3 rings (SSSR count). The molecule has 0 radical (unpaired) electrons. The van der Waals surface area contributed by atoms with Crippen LogP contribution in [-0.4, -0.2) is 55.5 Å². The SMILES string of the molecule is O=C(CN1CCCC(CNC(=O)C2CCCN2)C1)Nc1ccccc1Cl. The maximum Gasteiger partial charge on any atom is 0.238 e. The van der Waals surface area contributed by atoms with Gasteiger partial charge in [-0.2, -0.15) is 0 Å². The maximum atomic E-state index is 12.3. The summed E-state index contributed by atoms with van der Waals surface area (Å²) in [5.74, 6) is 0.441. The van der Waals surface area contributed by atoms with Crippen LogP contribution in [0.2, 0.25) is 5.02 Å². The highest BCUT2D eigenvalue weighted by Crippen LogP contribution is 2.21. The van der Waals surface area contributed by atoms with Crippen molar-refractivity contribution in [2.75, 3.05) is 38.0 Å². The number of amides is 2. The standard InChI is InChI=1S/C19H27ClN4O2/c20-15-6-1-2-7-16(15)23-18(25)13-24-10-4-5-14(12-24)11-22-19(26)17-8-3-9-21-17/h1-2,6-7,14,17,21H,3-5,8-13H2,(H,22,26)(H,23,25). The van der Waals surface area contributed by atoms with E-state index in [-0.39, 0.29) is 17.9 Å². The minimum Gasteiger partial charge on any atom is -0.354 e. The number of hydrogen-bond donors (Lipinski definition) is 3. The molecule has 2 aliphatic rings. The van der Waals surface area contributed by atoms with Gasteiger partial charge in [0.15, 0.2) is 0 Å². The first kappa shape index (κ1) is 19.1. The average Bonchev–Trinajstić information content (AvgIpc) is 3.17. The first-order valence-electron chi connectivity index (χ1n) is 9.39. The Bertz CT molecular complexity index is 634. The molecule has 0 bridgehead atoms. The zero-order valence-corrected chi connectivity index (χ0v) is 15.7. The molecule has 1 aromatic carbocycles. The van der Waals surface area contributed by atoms with Gasteiger partial charge < -0.3 is 16.0 Å². The lowest BCUT2D eigenvalue weighted by molar-refractivity contribution is -0.123. The summed E-state index contributed by atoms with van der Waals surface area (Å²) in [7, 11) is 0. The van der Waals surface area contributed by atoms with Gasteiger partial charge >= 0.3 is 0 Å². The molecule has 0 saturated carbocycles. The predicted octanol–water partition coefficient (Wildman–Crippen LogP) is 1.86. The number of carbonyl (C=O) groups excluding carboxylic acids is 2. The number of nitrogens with one attached hydrogen (secondary N) is 3. The van der Waals surface area contributed by atoms with E-state index in [1.165, 1.54) is 0 Å². The Hall–Kier alpha value is -1.63. The van der Waals surface area contributed by atoms with E-state index in [0.717, 1.165) is 45.3 Å². The Morgan fingerprint density at radius 2 is 2.08 bits per heavy atom. The number of para-hydroxylation sites is 1. The number of halogens is 1. The van der Waals surface area contributed by atoms with Crippen LogP contribution in [0.25, 0.3) is 0 Å². The van der Waals surface area contributed by atoms with Gasteiger partial charge in [0.05, 0.1) is 23.3 Å². The van der Waals surface area contributed by atoms with Crippen LogP contribution in [0.3, 0.4) is 0 Å². The molecular weight excluding hydrogens is 352 g/mol. The van der Waals surface area contributed by atoms with Crippen molar-refractivity contribution in [3.05, 3.63) is 29.3 Å². The van der Waals surface area contributed by atoms with Crippen LogP contribution in [0, 0.1) is 5.92 Å². The third kappa shape index (κ3) is 5.43. The molecule has 2 saturated heterocycles. The van der Waals surface area contributed by atoms with Crippen LogP contribution >= 0.6 is 11.6 Å². The molecule has 2 atom stereocenters. The smallest absolute Gasteiger partial charge is 0.238 e. The van der Waals surface area contributed by atoms with Crippen LogP contribution in [0.5, 0.6) is 0 Å². The number of piperidine rings is 1. The van der Waals surface area contributed by atoms with E-state index in [9.17, 15) is 9.59 Å². The summed E-state index contributed by atoms with van der Waals surface area (Å²) >= 11 is 6.09. The molecule has 0 aromatic heterocycles. The number of nitrogens with zero attached hydrogens (tertiary/aromatic N) is 1. The minimum absolute atomic E-state index is 0.0314. The van der Waals surface area contributed by atoms with Crippen molar-refractivity contribution in [2.45, 2.75) is 31.7 Å². The zero-order chi connectivity index (χ0) is 18.4. The van der Waals surface area contributed by atoms with E-state index in [1.54, 1.807) is 12.1 Å². The first-order valence-corrected chi connectivity index (χ1v) is 9.77. The molecular formula is C19H27ClN4O2. The highest BCUT2D eigenvalue weighted by Gasteiger charge is 2.25. The second kappa shape index (κ2) is 9.35. The normalized spacial score (nSPS) is 23.6. The number of anilines is 1. The third-order valence-electron chi connectivity index (χ3n) is 5.06. The summed E-state index contributed by atoms with van der Waals surface area (Å²) < 4.78 is 0. The Labute approximate surface area is 159 Å². The first-order chi connectivity index (χ1) is 12.6. The fraction of sp³-hybridized carbons (Fsp3) is 0.579. The number of likely N-dealkylation sites (tertiary alicyclic amines) is 1. The highest BCUT2D eigenvalue weighted by molar-refractivity contribution is 6.33. The fourth-order valence-corrected chi connectivity index (χ4v) is 3.88. The number of rotatable bonds is 6. The summed E-state index contributed by atoms with van der Waals surface area (Å²) in [5, 5.41) is 9.70. The minimum atomic E-state index is -0.0575. The molecule has 0 aliphatic carbocycles. The van der Waals surface area contributed by atoms with Crippen molar-refractivity contribution >= 4 is 29.1 Å². The van der Waals surface area contributed by atoms with Gasteiger partial charge in [-0.25, -0.2) is 0 Å². The second-order valence-electron chi connectivity index (χ2n) is 7.17. The summed E-state index contributed by atoms with van der Waals surface area (Å²) in [5.41, 5.74) is 0.643. The summed E-state index contributed by atoms with van der Waals surface area (Å²) in [6.07, 6.45) is 4.11. The number of hydrogen-bond acceptors (Lipinski definition) is 4. The molecule has 7 heteroatoms. The predicted molar refractivity (Wildman–Crippen MR) is 103 cm³/mol. The van der Waals surface area contributed by atoms with E-state index in [4.69, 9.17) is 11.6 Å². The molecule has 6 nitrogen and oxygen atoms in total. The van der Waals surface area contributed by atoms with E-state index >= 15 is 0 Å². The van der Waals surface area contributed by atoms with Gasteiger partial charge in [0.2, 0.25) is 11.8 Å². The summed E-state index contributed by atoms with van der Waals surface area (Å²) in [6, 6.07) is 7.21. The zero-order valence-electron chi connectivity index (χ0n) is 15.0. The molecule has 2 heterocycles. The van der Waals surface area contributed by atoms with Crippen molar-refractivity contribution in [3.8, 4) is 0 Å². The monoisotopic (exact) mass is 378 g/mol. The molecule has 0 spiro atoms. The van der Waals surface area contributed by atoms with E-state index < -0.39 is 0 Å². The van der Waals surface area contributed by atoms with Crippen LogP contribution in [0.1, 0.15) is 25.7 Å². The molecule has 1 aromatic rings. The Morgan fingerprint density at radius 3 is 2.85 bits per heavy atom. The molecule has 26 heavy (non-hydrogen) atoms. The van der Waals surface area contributed by atoms with Gasteiger partial charge in [-0.1, -0.05) is 23.7 Å². The van der Waals surface area contributed by atoms with E-state index in [2.05, 4.69) is 20.9 Å². The van der Waals surface area contributed by atoms with Crippen LogP contribution in [0.15, 0.2) is 24.3 Å². The summed E-state index contributed by atoms with van der Waals surface area (Å²) in [6.45, 7) is 3.69. The summed E-state index contributed by atoms with van der Waals surface area (Å²) in [4.78, 5) is 26.6. The van der Waals surface area contributed by atoms with E-state index in [1.807, 2.05) is 12.1 Å². The molecule has 2 fully saturated rings. The number of benzene rings is 1. The average molecular weight is 379 g/mol. The molecule has 3 N–H and O–H groups in total. The molecule has 142 valence electrons. The van der Waals surface area contributed by atoms with Crippen LogP contribution in [-0.2, 0) is 9.59 Å². The molecule has 2 unspecified atom stereocenters. The van der Waals surface area contributed by atoms with Crippen molar-refractivity contribution in [2.24, 2.45) is 5.92 Å². The van der Waals surface area contributed by atoms with Gasteiger partial charge in [0.25, 0.3) is 0 Å². The molecule has 2 amide bonds. The van der Waals surface area contributed by atoms with Crippen molar-refractivity contribution in [3.63, 3.8) is 0 Å². The highest BCUT2D eigenvalue weighted by atomic mass is 35.5. The van der Waals surface area contributed by atoms with Gasteiger partial charge in [-0.3, -0.25) is 14.5 Å². The lowest BCUT2D eigenvalue weighted by atomic mass is 9.98. The van der Waals surface area contributed by atoms with Crippen molar-refractivity contribution in [1.82, 2.24) is 15.5 Å². The molecule has 2 aliphatic heterocycles. The fourth-order valence-electron chi connectivity index (χ4n) is 3.69. The Morgan fingerprint density at radius 1 is 1.23 bits per heavy atom. The van der Waals surface area contributed by atoms with Crippen molar-refractivity contribution in [1.29, 1.82) is 0 Å². The largest absolute Gasteiger partial charge is 0.354 e. The van der Waals surface area contributed by atoms with Gasteiger partial charge in [0, 0.05) is 13.1 Å². The van der Waals surface area contributed by atoms with Gasteiger partial charge in [-0.15, -0.1) is 0 Å². The quantitative estimate of drug-likeness (QED) is 0.706. The van der Waals surface area contributed by atoms with Crippen molar-refractivity contribution < 1.29 is 9.59 Å². The van der Waals surface area contributed by atoms with Gasteiger partial charge in [0.1, 0.15) is 0 Å². The lowest BCUT2D eigenvalue weighted by Crippen LogP contribution is -2.46. The lowest BCUT2D eigenvalue weighted by Gasteiger charge is -2.32. The number of carbonyl (C=O) groups is 2. The van der Waals surface area contributed by atoms with Gasteiger partial charge in [-0.05, 0) is 56.8 Å². The van der Waals surface area contributed by atoms with Crippen LogP contribution in [0.4, 0.5) is 5.69 Å². The third-order valence-corrected chi connectivity index (χ3v) is 5.39.